The van der Waals surface area contributed by atoms with E-state index in [1.165, 1.54) is 19.3 Å². The summed E-state index contributed by atoms with van der Waals surface area (Å²) in [5.74, 6) is -0.0156. The number of carbonyl (C=O) groups is 1. The SMILES string of the molecule is Cn1nc(C(=O)Nc2ccccc2Oc2ncc(Cl)cc2Cl)c2ccccc2c1=O. The molecule has 30 heavy (non-hydrogen) atoms. The van der Waals surface area contributed by atoms with Crippen molar-refractivity contribution in [2.24, 2.45) is 7.05 Å². The maximum absolute atomic E-state index is 13.0. The highest BCUT2D eigenvalue weighted by atomic mass is 35.5. The quantitative estimate of drug-likeness (QED) is 0.497. The molecule has 0 bridgehead atoms. The normalized spacial score (nSPS) is 10.8. The number of nitrogens with zero attached hydrogens (tertiary/aromatic N) is 3. The van der Waals surface area contributed by atoms with Crippen molar-refractivity contribution in [3.8, 4) is 11.6 Å². The van der Waals surface area contributed by atoms with Crippen LogP contribution in [0.15, 0.2) is 65.6 Å². The van der Waals surface area contributed by atoms with Crippen molar-refractivity contribution in [2.45, 2.75) is 0 Å². The summed E-state index contributed by atoms with van der Waals surface area (Å²) in [5, 5.41) is 8.38. The van der Waals surface area contributed by atoms with Gasteiger partial charge in [-0.1, -0.05) is 53.5 Å². The molecule has 0 aliphatic rings. The fraction of sp³-hybridized carbons (Fsp3) is 0.0476. The summed E-state index contributed by atoms with van der Waals surface area (Å²) >= 11 is 12.0. The third kappa shape index (κ3) is 3.85. The number of aromatic nitrogens is 3. The molecule has 0 saturated heterocycles. The predicted molar refractivity (Wildman–Crippen MR) is 116 cm³/mol. The van der Waals surface area contributed by atoms with Crippen LogP contribution in [0.1, 0.15) is 10.5 Å². The lowest BCUT2D eigenvalue weighted by Gasteiger charge is -2.13. The zero-order chi connectivity index (χ0) is 21.3. The van der Waals surface area contributed by atoms with Crippen LogP contribution in [0.25, 0.3) is 10.8 Å². The van der Waals surface area contributed by atoms with Gasteiger partial charge in [-0.3, -0.25) is 9.59 Å². The topological polar surface area (TPSA) is 86.1 Å². The van der Waals surface area contributed by atoms with E-state index >= 15 is 0 Å². The highest BCUT2D eigenvalue weighted by molar-refractivity contribution is 6.35. The molecule has 0 spiro atoms. The van der Waals surface area contributed by atoms with Crippen LogP contribution < -0.4 is 15.6 Å². The van der Waals surface area contributed by atoms with E-state index in [0.717, 1.165) is 4.68 Å². The second-order valence-corrected chi connectivity index (χ2v) is 7.16. The lowest BCUT2D eigenvalue weighted by atomic mass is 10.1. The van der Waals surface area contributed by atoms with Crippen LogP contribution in [-0.4, -0.2) is 20.7 Å². The Hall–Kier alpha value is -3.42. The Kier molecular flexibility index (Phi) is 5.39. The second kappa shape index (κ2) is 8.14. The van der Waals surface area contributed by atoms with E-state index in [9.17, 15) is 9.59 Å². The third-order valence-corrected chi connectivity index (χ3v) is 4.77. The summed E-state index contributed by atoms with van der Waals surface area (Å²) in [4.78, 5) is 29.4. The van der Waals surface area contributed by atoms with Gasteiger partial charge in [-0.25, -0.2) is 9.67 Å². The molecule has 7 nitrogen and oxygen atoms in total. The number of hydrogen-bond donors (Lipinski definition) is 1. The standard InChI is InChI=1S/C21H14Cl2N4O3/c1-27-21(29)14-7-3-2-6-13(14)18(26-27)19(28)25-16-8-4-5-9-17(16)30-20-15(23)10-12(22)11-24-20/h2-11H,1H3,(H,25,28). The molecule has 0 unspecified atom stereocenters. The van der Waals surface area contributed by atoms with Crippen LogP contribution in [0.2, 0.25) is 10.0 Å². The van der Waals surface area contributed by atoms with Gasteiger partial charge in [0.15, 0.2) is 11.4 Å². The summed E-state index contributed by atoms with van der Waals surface area (Å²) in [6, 6.07) is 15.1. The van der Waals surface area contributed by atoms with Gasteiger partial charge in [-0.05, 0) is 24.3 Å². The van der Waals surface area contributed by atoms with Crippen molar-refractivity contribution in [3.63, 3.8) is 0 Å². The Morgan fingerprint density at radius 2 is 1.77 bits per heavy atom. The molecule has 4 aromatic rings. The number of rotatable bonds is 4. The van der Waals surface area contributed by atoms with E-state index in [1.807, 2.05) is 0 Å². The first-order valence-corrected chi connectivity index (χ1v) is 9.55. The Bertz CT molecular complexity index is 1340. The number of amides is 1. The Morgan fingerprint density at radius 3 is 2.53 bits per heavy atom. The Morgan fingerprint density at radius 1 is 1.07 bits per heavy atom. The maximum Gasteiger partial charge on any atom is 0.276 e. The molecule has 4 rings (SSSR count). The minimum absolute atomic E-state index is 0.116. The predicted octanol–water partition coefficient (Wildman–Crippen LogP) is 4.68. The summed E-state index contributed by atoms with van der Waals surface area (Å²) < 4.78 is 6.91. The van der Waals surface area contributed by atoms with Crippen LogP contribution in [0.5, 0.6) is 11.6 Å². The Labute approximate surface area is 180 Å². The van der Waals surface area contributed by atoms with Crippen molar-refractivity contribution in [3.05, 3.63) is 86.9 Å². The molecule has 2 heterocycles. The summed E-state index contributed by atoms with van der Waals surface area (Å²) in [6.07, 6.45) is 1.41. The summed E-state index contributed by atoms with van der Waals surface area (Å²) in [5.41, 5.74) is 0.217. The van der Waals surface area contributed by atoms with Crippen molar-refractivity contribution in [2.75, 3.05) is 5.32 Å². The molecule has 0 radical (unpaired) electrons. The molecule has 0 atom stereocenters. The minimum Gasteiger partial charge on any atom is -0.435 e. The summed E-state index contributed by atoms with van der Waals surface area (Å²) in [7, 11) is 1.50. The largest absolute Gasteiger partial charge is 0.435 e. The molecular formula is C21H14Cl2N4O3. The monoisotopic (exact) mass is 440 g/mol. The van der Waals surface area contributed by atoms with Crippen LogP contribution >= 0.6 is 23.2 Å². The second-order valence-electron chi connectivity index (χ2n) is 6.32. The number of pyridine rings is 1. The lowest BCUT2D eigenvalue weighted by molar-refractivity contribution is 0.102. The van der Waals surface area contributed by atoms with Gasteiger partial charge in [0.2, 0.25) is 5.88 Å². The van der Waals surface area contributed by atoms with E-state index < -0.39 is 5.91 Å². The smallest absolute Gasteiger partial charge is 0.276 e. The van der Waals surface area contributed by atoms with E-state index in [0.29, 0.717) is 27.2 Å². The first kappa shape index (κ1) is 19.9. The zero-order valence-electron chi connectivity index (χ0n) is 15.6. The number of nitrogens with one attached hydrogen (secondary N) is 1. The van der Waals surface area contributed by atoms with Crippen LogP contribution in [0.3, 0.4) is 0 Å². The maximum atomic E-state index is 13.0. The molecular weight excluding hydrogens is 427 g/mol. The highest BCUT2D eigenvalue weighted by Crippen LogP contribution is 2.33. The number of hydrogen-bond acceptors (Lipinski definition) is 5. The lowest BCUT2D eigenvalue weighted by Crippen LogP contribution is -2.25. The van der Waals surface area contributed by atoms with Gasteiger partial charge in [0.05, 0.1) is 16.1 Å². The number of fused-ring (bicyclic) bond motifs is 1. The van der Waals surface area contributed by atoms with Crippen LogP contribution in [0, 0.1) is 0 Å². The number of anilines is 1. The first-order chi connectivity index (χ1) is 14.4. The molecule has 9 heteroatoms. The average molecular weight is 441 g/mol. The van der Waals surface area contributed by atoms with Gasteiger partial charge in [-0.15, -0.1) is 0 Å². The van der Waals surface area contributed by atoms with E-state index in [2.05, 4.69) is 15.4 Å². The van der Waals surface area contributed by atoms with E-state index in [-0.39, 0.29) is 22.2 Å². The van der Waals surface area contributed by atoms with Crippen LogP contribution in [0.4, 0.5) is 5.69 Å². The van der Waals surface area contributed by atoms with Crippen molar-refractivity contribution < 1.29 is 9.53 Å². The van der Waals surface area contributed by atoms with Gasteiger partial charge in [0.25, 0.3) is 11.5 Å². The molecule has 0 saturated carbocycles. The molecule has 2 aromatic carbocycles. The molecule has 0 aliphatic carbocycles. The van der Waals surface area contributed by atoms with Crippen LogP contribution in [-0.2, 0) is 7.05 Å². The van der Waals surface area contributed by atoms with E-state index in [1.54, 1.807) is 48.5 Å². The fourth-order valence-corrected chi connectivity index (χ4v) is 3.31. The van der Waals surface area contributed by atoms with Crippen molar-refractivity contribution in [1.82, 2.24) is 14.8 Å². The molecule has 2 aromatic heterocycles. The number of halogens is 2. The highest BCUT2D eigenvalue weighted by Gasteiger charge is 2.18. The van der Waals surface area contributed by atoms with Crippen molar-refractivity contribution >= 4 is 45.6 Å². The van der Waals surface area contributed by atoms with Crippen molar-refractivity contribution in [1.29, 1.82) is 0 Å². The van der Waals surface area contributed by atoms with Gasteiger partial charge < -0.3 is 10.1 Å². The molecule has 150 valence electrons. The molecule has 0 fully saturated rings. The van der Waals surface area contributed by atoms with Gasteiger partial charge in [0, 0.05) is 18.6 Å². The average Bonchev–Trinajstić information content (AvgIpc) is 2.74. The molecule has 0 aliphatic heterocycles. The van der Waals surface area contributed by atoms with Gasteiger partial charge in [0.1, 0.15) is 5.02 Å². The van der Waals surface area contributed by atoms with E-state index in [4.69, 9.17) is 27.9 Å². The zero-order valence-corrected chi connectivity index (χ0v) is 17.1. The molecule has 1 amide bonds. The number of carbonyl (C=O) groups excluding carboxylic acids is 1. The van der Waals surface area contributed by atoms with Gasteiger partial charge in [-0.2, -0.15) is 5.10 Å². The number of benzene rings is 2. The number of para-hydroxylation sites is 2. The fourth-order valence-electron chi connectivity index (χ4n) is 2.89. The number of aryl methyl sites for hydroxylation is 1. The summed E-state index contributed by atoms with van der Waals surface area (Å²) in [6.45, 7) is 0. The third-order valence-electron chi connectivity index (χ3n) is 4.29. The molecule has 1 N–H and O–H groups in total. The van der Waals surface area contributed by atoms with Gasteiger partial charge >= 0.3 is 0 Å². The Balaban J connectivity index is 1.69. The minimum atomic E-state index is -0.493. The number of ether oxygens (including phenoxy) is 1. The first-order valence-electron chi connectivity index (χ1n) is 8.79.